The Bertz CT molecular complexity index is 3040. The minimum absolute atomic E-state index is 0.498. The van der Waals surface area contributed by atoms with Crippen molar-refractivity contribution in [1.29, 1.82) is 0 Å². The largest absolute Gasteiger partial charge is 0.492 e. The second-order valence-electron chi connectivity index (χ2n) is 31.1. The van der Waals surface area contributed by atoms with E-state index in [1.54, 1.807) is 58.4 Å². The number of nitrogens with zero attached hydrogens (tertiary/aromatic N) is 17. The predicted molar refractivity (Wildman–Crippen MR) is 519 cm³/mol. The van der Waals surface area contributed by atoms with Crippen LogP contribution < -0.4 is 10.6 Å². The van der Waals surface area contributed by atoms with E-state index >= 15 is 0 Å². The van der Waals surface area contributed by atoms with Crippen molar-refractivity contribution in [3.63, 3.8) is 0 Å². The number of aliphatic imine (C=N–C) groups is 3. The highest BCUT2D eigenvalue weighted by molar-refractivity contribution is 8.02. The molecule has 9 aliphatic rings. The molecule has 2 N–H and O–H groups in total. The van der Waals surface area contributed by atoms with Crippen molar-refractivity contribution in [3.8, 4) is 0 Å². The first kappa shape index (κ1) is 106. The number of benzene rings is 3. The number of hydrogen-bond donors (Lipinski definition) is 2. The Kier molecular flexibility index (Phi) is 60.2. The fourth-order valence-corrected chi connectivity index (χ4v) is 17.6. The van der Waals surface area contributed by atoms with Gasteiger partial charge in [0.25, 0.3) is 0 Å². The highest BCUT2D eigenvalue weighted by Crippen LogP contribution is 2.29. The van der Waals surface area contributed by atoms with Gasteiger partial charge in [0, 0.05) is 125 Å². The zero-order chi connectivity index (χ0) is 85.3. The van der Waals surface area contributed by atoms with Crippen molar-refractivity contribution in [2.24, 2.45) is 31.1 Å². The van der Waals surface area contributed by atoms with E-state index in [0.29, 0.717) is 24.7 Å². The van der Waals surface area contributed by atoms with E-state index in [1.807, 2.05) is 54.5 Å². The first-order chi connectivity index (χ1) is 56.0. The lowest BCUT2D eigenvalue weighted by atomic mass is 9.92. The average molecular weight is 1740 g/mol. The molecule has 20 nitrogen and oxygen atoms in total. The number of likely N-dealkylation sites (tertiary alicyclic amines) is 4. The summed E-state index contributed by atoms with van der Waals surface area (Å²) in [7, 11) is 17.1. The second kappa shape index (κ2) is 65.8. The number of hydrazone groups is 2. The Hall–Kier alpha value is -3.91. The molecule has 7 saturated heterocycles. The minimum atomic E-state index is 0.498. The fraction of sp³-hybridized carbons (Fsp3) is 0.674. The van der Waals surface area contributed by atoms with Gasteiger partial charge >= 0.3 is 0 Å². The number of halogens is 1. The molecule has 8 aliphatic heterocycles. The van der Waals surface area contributed by atoms with Crippen LogP contribution in [-0.4, -0.2) is 354 Å². The molecule has 1 atom stereocenters. The average Bonchev–Trinajstić information content (AvgIpc) is 1.19. The third-order valence-electron chi connectivity index (χ3n) is 22.0. The Morgan fingerprint density at radius 2 is 0.879 bits per heavy atom. The zero-order valence-electron chi connectivity index (χ0n) is 75.0. The number of allylic oxidation sites excluding steroid dienone is 3. The van der Waals surface area contributed by atoms with Gasteiger partial charge < -0.3 is 44.8 Å². The maximum absolute atomic E-state index is 6.04. The Morgan fingerprint density at radius 1 is 0.483 bits per heavy atom. The van der Waals surface area contributed by atoms with E-state index in [9.17, 15) is 0 Å². The van der Waals surface area contributed by atoms with Gasteiger partial charge in [-0.1, -0.05) is 126 Å². The molecule has 656 valence electrons. The molecule has 3 aromatic carbocycles. The first-order valence-electron chi connectivity index (χ1n) is 42.2. The van der Waals surface area contributed by atoms with E-state index in [1.165, 1.54) is 194 Å². The van der Waals surface area contributed by atoms with Crippen molar-refractivity contribution >= 4 is 115 Å². The number of likely N-dealkylation sites (N-methyl/N-ethyl adjacent to an activating group) is 4. The number of nitrogens with one attached hydrogen (secondary N) is 2. The van der Waals surface area contributed by atoms with Crippen LogP contribution in [0, 0.1) is 19.8 Å². The highest BCUT2D eigenvalue weighted by atomic mass is 35.5. The molecule has 0 amide bonds. The van der Waals surface area contributed by atoms with Crippen LogP contribution in [0.2, 0.25) is 0 Å². The van der Waals surface area contributed by atoms with Gasteiger partial charge in [-0.15, -0.1) is 33.7 Å². The zero-order valence-corrected chi connectivity index (χ0v) is 80.7. The summed E-state index contributed by atoms with van der Waals surface area (Å²) in [6, 6.07) is 28.7. The number of thioether (sulfide) groups is 5. The monoisotopic (exact) mass is 1730 g/mol. The van der Waals surface area contributed by atoms with Crippen LogP contribution in [-0.2, 0) is 17.8 Å². The van der Waals surface area contributed by atoms with Gasteiger partial charge in [-0.05, 0) is 298 Å². The topological polar surface area (TPSA) is 153 Å². The molecule has 116 heavy (non-hydrogen) atoms. The third-order valence-corrected chi connectivity index (χ3v) is 27.9. The Morgan fingerprint density at radius 3 is 1.21 bits per heavy atom. The van der Waals surface area contributed by atoms with Crippen molar-refractivity contribution in [1.82, 2.24) is 70.0 Å². The van der Waals surface area contributed by atoms with Gasteiger partial charge in [0.1, 0.15) is 12.4 Å². The second-order valence-corrected chi connectivity index (χ2v) is 37.4. The number of piperidine rings is 3. The molecule has 0 radical (unpaired) electrons. The van der Waals surface area contributed by atoms with Gasteiger partial charge in [0.05, 0.1) is 37.3 Å². The summed E-state index contributed by atoms with van der Waals surface area (Å²) in [4.78, 5) is 34.0. The van der Waals surface area contributed by atoms with Crippen LogP contribution in [0.1, 0.15) is 120 Å². The maximum Gasteiger partial charge on any atom is 0.174 e. The molecule has 0 spiro atoms. The molecule has 1 aromatic heterocycles. The van der Waals surface area contributed by atoms with Crippen molar-refractivity contribution in [2.75, 3.05) is 232 Å². The summed E-state index contributed by atoms with van der Waals surface area (Å²) in [5.41, 5.74) is 6.75. The summed E-state index contributed by atoms with van der Waals surface area (Å²) in [6.07, 6.45) is 28.1. The summed E-state index contributed by atoms with van der Waals surface area (Å²) in [5.74, 6) is 1.87. The molecule has 1 unspecified atom stereocenters. The standard InChI is InChI=1S/C20H26N2.C9H13ClO.C8H18N2.C8H14N2.C8H10S2.C7H14N2.C7H15NS.C6H12N4.2C6H14N2.C4H6N2S3/c1-17-3-7-19(8-4-17)15-21-11-13-22(14-12-21)16-20-9-5-18(2)6-10-20;1-3-7-5-6-11-8(4-2)9(7)10;1-9-7-8-3-5-10(2)6-4-8;1-9-7-3-5-8(10-2)6-4-7;1-9-7-4-3-5-8(6-7)10-2;1-8-7-3-5-9(2)6-4-7;1-8-5-3-7(9-2)4-6-8;1-7-9-3-5-10(8-2)6-4-9;1-7-3-5-8(2)6-4-7;1-7-6-3-4-8(2)5-6;1-7-3-5-6-4(8-2)9-3/h3-10H,11-16H2,1-2H3;5H,3-4,6H2,1-2H3;8-9H,3-7H2,1-2H3;7-8H,1-6H2;3-6H,1-2H3;7H,1,3-6H2,2H3;7H,3-6H2,1-2H3;1-6H2;3-6H2,1-2H3;6-7H,3-5H2,1-2H3;1-2H3. The fourth-order valence-electron chi connectivity index (χ4n) is 13.7. The van der Waals surface area contributed by atoms with Crippen molar-refractivity contribution in [3.05, 3.63) is 117 Å². The van der Waals surface area contributed by atoms with E-state index in [2.05, 4.69) is 280 Å². The molecule has 13 rings (SSSR count). The van der Waals surface area contributed by atoms with Gasteiger partial charge in [-0.3, -0.25) is 34.8 Å². The summed E-state index contributed by atoms with van der Waals surface area (Å²) < 4.78 is 7.42. The SMILES string of the molecule is C=NC1CCC(N=C)CC1.C=NC1CCN(C)CC1.C=NN1CCN(N=C)CC1.CCC1=CCOC(CC)=C1Cl.CN1CCN(C)CC1.CNC1CCN(C)C1.CNCC1CCN(C)CC1.CSC1CCN(C)CC1.CSc1cccc(SC)c1.CSc1nnc(SC)s1.Cc1ccc(CN2CCN(Cc3ccc(C)cc3)CC2)cc1. The summed E-state index contributed by atoms with van der Waals surface area (Å²) in [5, 5.41) is 27.6. The van der Waals surface area contributed by atoms with E-state index in [-0.39, 0.29) is 0 Å². The molecule has 1 aliphatic carbocycles. The summed E-state index contributed by atoms with van der Waals surface area (Å²) in [6.45, 7) is 53.2. The van der Waals surface area contributed by atoms with Crippen LogP contribution in [0.15, 0.2) is 139 Å². The lowest BCUT2D eigenvalue weighted by Crippen LogP contribution is -2.45. The van der Waals surface area contributed by atoms with Gasteiger partial charge in [-0.2, -0.15) is 22.0 Å². The van der Waals surface area contributed by atoms with Crippen LogP contribution in [0.5, 0.6) is 0 Å². The minimum Gasteiger partial charge on any atom is -0.492 e. The highest BCUT2D eigenvalue weighted by Gasteiger charge is 2.22. The predicted octanol–water partition coefficient (Wildman–Crippen LogP) is 16.0. The molecule has 1 saturated carbocycles. The van der Waals surface area contributed by atoms with Gasteiger partial charge in [0.15, 0.2) is 8.68 Å². The molecule has 9 heterocycles. The lowest BCUT2D eigenvalue weighted by molar-refractivity contribution is 0.122. The van der Waals surface area contributed by atoms with Gasteiger partial charge in [-0.25, -0.2) is 0 Å². The summed E-state index contributed by atoms with van der Waals surface area (Å²) >= 11 is 16.5. The van der Waals surface area contributed by atoms with Crippen LogP contribution in [0.4, 0.5) is 0 Å². The molecule has 8 fully saturated rings. The Labute approximate surface area is 737 Å². The molecule has 4 aromatic rings. The quantitative estimate of drug-likeness (QED) is 0.0675. The van der Waals surface area contributed by atoms with E-state index < -0.39 is 0 Å². The number of piperazine rings is 3. The third kappa shape index (κ3) is 48.1. The van der Waals surface area contributed by atoms with Crippen LogP contribution in [0.25, 0.3) is 0 Å². The van der Waals surface area contributed by atoms with Crippen LogP contribution in [0.3, 0.4) is 0 Å². The smallest absolute Gasteiger partial charge is 0.174 e. The molecule has 0 bridgehead atoms. The van der Waals surface area contributed by atoms with Crippen LogP contribution >= 0.6 is 81.7 Å². The Balaban J connectivity index is 0.000000336. The van der Waals surface area contributed by atoms with Crippen molar-refractivity contribution < 1.29 is 4.74 Å². The number of aryl methyl sites for hydroxylation is 2. The number of ether oxygens (including phenoxy) is 1. The lowest BCUT2D eigenvalue weighted by Gasteiger charge is -2.34. The number of aromatic nitrogens is 2. The number of hydrogen-bond acceptors (Lipinski definition) is 26. The van der Waals surface area contributed by atoms with Gasteiger partial charge in [0.2, 0.25) is 0 Å². The first-order valence-corrected chi connectivity index (χ1v) is 49.5. The molecular weight excluding hydrogens is 1580 g/mol. The normalized spacial score (nSPS) is 20.8. The number of rotatable bonds is 19. The molecule has 27 heteroatoms. The molecular formula is C89H156ClN19OS6. The maximum atomic E-state index is 6.04. The van der Waals surface area contributed by atoms with E-state index in [0.717, 1.165) is 114 Å². The van der Waals surface area contributed by atoms with E-state index in [4.69, 9.17) is 16.3 Å². The van der Waals surface area contributed by atoms with Crippen molar-refractivity contribution in [2.45, 2.75) is 172 Å².